The van der Waals surface area contributed by atoms with Gasteiger partial charge < -0.3 is 10.5 Å². The number of hydrogen-bond donors (Lipinski definition) is 1. The fraction of sp³-hybridized carbons (Fsp3) is 0.429. The molecule has 1 unspecified atom stereocenters. The van der Waals surface area contributed by atoms with Gasteiger partial charge in [-0.1, -0.05) is 6.07 Å². The Balaban J connectivity index is 3.22. The highest BCUT2D eigenvalue weighted by atomic mass is 19.1. The van der Waals surface area contributed by atoms with E-state index in [1.165, 1.54) is 18.2 Å². The Morgan fingerprint density at radius 1 is 1.58 bits per heavy atom. The molecule has 4 nitrogen and oxygen atoms in total. The number of hydrogen-bond acceptors (Lipinski definition) is 4. The number of carbonyl (C=O) groups is 1. The maximum absolute atomic E-state index is 14.0. The lowest BCUT2D eigenvalue weighted by Crippen LogP contribution is -2.35. The molecular formula is C14H17FN2O2. The highest BCUT2D eigenvalue weighted by molar-refractivity contribution is 5.83. The molecule has 0 bridgehead atoms. The molecule has 0 spiro atoms. The zero-order chi connectivity index (χ0) is 14.5. The Bertz CT molecular complexity index is 511. The normalized spacial score (nSPS) is 13.4. The van der Waals surface area contributed by atoms with E-state index in [0.717, 1.165) is 0 Å². The molecule has 0 heterocycles. The number of halogens is 1. The first kappa shape index (κ1) is 15.0. The first-order valence-electron chi connectivity index (χ1n) is 6.05. The second-order valence-electron chi connectivity index (χ2n) is 4.45. The number of nitrogen functional groups attached to an aromatic ring is 1. The number of ether oxygens (including phenoxy) is 1. The number of benzene rings is 1. The summed E-state index contributed by atoms with van der Waals surface area (Å²) >= 11 is 0. The number of anilines is 1. The van der Waals surface area contributed by atoms with Gasteiger partial charge in [-0.05, 0) is 32.4 Å². The summed E-state index contributed by atoms with van der Waals surface area (Å²) in [7, 11) is 0. The third kappa shape index (κ3) is 3.22. The van der Waals surface area contributed by atoms with Crippen molar-refractivity contribution in [1.82, 2.24) is 0 Å². The number of nitrogens with two attached hydrogens (primary N) is 1. The third-order valence-electron chi connectivity index (χ3n) is 3.05. The van der Waals surface area contributed by atoms with E-state index in [0.29, 0.717) is 0 Å². The van der Waals surface area contributed by atoms with Gasteiger partial charge in [0.2, 0.25) is 0 Å². The molecule has 1 aromatic rings. The highest BCUT2D eigenvalue weighted by Crippen LogP contribution is 2.33. The second kappa shape index (κ2) is 6.19. The highest BCUT2D eigenvalue weighted by Gasteiger charge is 2.38. The monoisotopic (exact) mass is 264 g/mol. The molecule has 19 heavy (non-hydrogen) atoms. The topological polar surface area (TPSA) is 76.1 Å². The summed E-state index contributed by atoms with van der Waals surface area (Å²) in [5, 5.41) is 8.69. The molecule has 1 aromatic carbocycles. The first-order valence-corrected chi connectivity index (χ1v) is 6.05. The van der Waals surface area contributed by atoms with Crippen LogP contribution in [0.4, 0.5) is 10.1 Å². The minimum absolute atomic E-state index is 0.138. The smallest absolute Gasteiger partial charge is 0.316 e. The summed E-state index contributed by atoms with van der Waals surface area (Å²) in [4.78, 5) is 12.1. The summed E-state index contributed by atoms with van der Waals surface area (Å²) in [6, 6.07) is 6.13. The summed E-state index contributed by atoms with van der Waals surface area (Å²) in [6.07, 6.45) is 0.336. The Labute approximate surface area is 112 Å². The lowest BCUT2D eigenvalue weighted by atomic mass is 9.78. The van der Waals surface area contributed by atoms with Crippen molar-refractivity contribution >= 4 is 11.7 Å². The van der Waals surface area contributed by atoms with Crippen LogP contribution in [0.25, 0.3) is 0 Å². The second-order valence-corrected chi connectivity index (χ2v) is 4.45. The van der Waals surface area contributed by atoms with Gasteiger partial charge in [0.25, 0.3) is 0 Å². The number of nitriles is 1. The fourth-order valence-electron chi connectivity index (χ4n) is 1.92. The average Bonchev–Trinajstić information content (AvgIpc) is 2.36. The lowest BCUT2D eigenvalue weighted by Gasteiger charge is -2.27. The van der Waals surface area contributed by atoms with Crippen molar-refractivity contribution in [2.45, 2.75) is 32.1 Å². The number of carbonyl (C=O) groups excluding carboxylic acids is 1. The largest absolute Gasteiger partial charge is 0.465 e. The van der Waals surface area contributed by atoms with Crippen molar-refractivity contribution in [2.24, 2.45) is 0 Å². The quantitative estimate of drug-likeness (QED) is 0.655. The van der Waals surface area contributed by atoms with Gasteiger partial charge >= 0.3 is 5.97 Å². The van der Waals surface area contributed by atoms with Crippen LogP contribution >= 0.6 is 0 Å². The summed E-state index contributed by atoms with van der Waals surface area (Å²) < 4.78 is 19.0. The van der Waals surface area contributed by atoms with Crippen LogP contribution in [0.15, 0.2) is 18.2 Å². The van der Waals surface area contributed by atoms with E-state index in [1.54, 1.807) is 13.8 Å². The van der Waals surface area contributed by atoms with Crippen LogP contribution in [0.1, 0.15) is 32.3 Å². The van der Waals surface area contributed by atoms with Gasteiger partial charge in [-0.15, -0.1) is 0 Å². The van der Waals surface area contributed by atoms with E-state index >= 15 is 0 Å². The first-order chi connectivity index (χ1) is 8.95. The van der Waals surface area contributed by atoms with Gasteiger partial charge in [-0.2, -0.15) is 5.26 Å². The van der Waals surface area contributed by atoms with E-state index in [9.17, 15) is 9.18 Å². The molecule has 0 aliphatic heterocycles. The van der Waals surface area contributed by atoms with E-state index in [1.807, 2.05) is 6.07 Å². The molecule has 0 aliphatic carbocycles. The van der Waals surface area contributed by atoms with E-state index in [-0.39, 0.29) is 30.7 Å². The number of rotatable bonds is 5. The molecule has 0 radical (unpaired) electrons. The molecule has 102 valence electrons. The van der Waals surface area contributed by atoms with Crippen molar-refractivity contribution in [2.75, 3.05) is 12.3 Å². The Kier molecular flexibility index (Phi) is 4.87. The van der Waals surface area contributed by atoms with Crippen molar-refractivity contribution in [3.05, 3.63) is 29.6 Å². The third-order valence-corrected chi connectivity index (χ3v) is 3.05. The minimum Gasteiger partial charge on any atom is -0.465 e. The maximum Gasteiger partial charge on any atom is 0.316 e. The molecule has 0 saturated heterocycles. The van der Waals surface area contributed by atoms with Gasteiger partial charge in [0.1, 0.15) is 5.82 Å². The molecule has 0 fully saturated rings. The molecule has 1 rings (SSSR count). The molecule has 0 aromatic heterocycles. The SMILES string of the molecule is CCOC(=O)C(C)(CCC#N)c1ccc(N)cc1F. The van der Waals surface area contributed by atoms with Crippen LogP contribution in [0.2, 0.25) is 0 Å². The van der Waals surface area contributed by atoms with E-state index < -0.39 is 17.2 Å². The van der Waals surface area contributed by atoms with Crippen LogP contribution in [0, 0.1) is 17.1 Å². The van der Waals surface area contributed by atoms with Crippen LogP contribution in [0.5, 0.6) is 0 Å². The Hall–Kier alpha value is -2.09. The van der Waals surface area contributed by atoms with Gasteiger partial charge in [0.05, 0.1) is 18.1 Å². The average molecular weight is 264 g/mol. The van der Waals surface area contributed by atoms with Gasteiger partial charge in [0.15, 0.2) is 0 Å². The van der Waals surface area contributed by atoms with Crippen LogP contribution < -0.4 is 5.73 Å². The van der Waals surface area contributed by atoms with E-state index in [4.69, 9.17) is 15.7 Å². The van der Waals surface area contributed by atoms with Crippen molar-refractivity contribution in [3.8, 4) is 6.07 Å². The Morgan fingerprint density at radius 2 is 2.26 bits per heavy atom. The zero-order valence-corrected chi connectivity index (χ0v) is 11.1. The molecule has 0 aliphatic rings. The molecule has 2 N–H and O–H groups in total. The van der Waals surface area contributed by atoms with Crippen LogP contribution in [-0.4, -0.2) is 12.6 Å². The van der Waals surface area contributed by atoms with Gasteiger partial charge in [-0.25, -0.2) is 4.39 Å². The maximum atomic E-state index is 14.0. The summed E-state index contributed by atoms with van der Waals surface area (Å²) in [5.41, 5.74) is 4.81. The van der Waals surface area contributed by atoms with Gasteiger partial charge in [0, 0.05) is 17.7 Å². The van der Waals surface area contributed by atoms with Gasteiger partial charge in [-0.3, -0.25) is 4.79 Å². The zero-order valence-electron chi connectivity index (χ0n) is 11.1. The van der Waals surface area contributed by atoms with Crippen molar-refractivity contribution < 1.29 is 13.9 Å². The molecule has 1 atom stereocenters. The fourth-order valence-corrected chi connectivity index (χ4v) is 1.92. The molecule has 0 saturated carbocycles. The summed E-state index contributed by atoms with van der Waals surface area (Å²) in [5.74, 6) is -1.09. The number of nitrogens with zero attached hydrogens (tertiary/aromatic N) is 1. The standard InChI is InChI=1S/C14H17FN2O2/c1-3-19-13(18)14(2,7-4-8-16)11-6-5-10(17)9-12(11)15/h5-6,9H,3-4,7,17H2,1-2H3. The number of esters is 1. The predicted octanol–water partition coefficient (Wildman–Crippen LogP) is 2.53. The lowest BCUT2D eigenvalue weighted by molar-refractivity contribution is -0.149. The summed E-state index contributed by atoms with van der Waals surface area (Å²) in [6.45, 7) is 3.47. The minimum atomic E-state index is -1.18. The molecule has 0 amide bonds. The molecular weight excluding hydrogens is 247 g/mol. The van der Waals surface area contributed by atoms with Crippen molar-refractivity contribution in [1.29, 1.82) is 5.26 Å². The van der Waals surface area contributed by atoms with E-state index in [2.05, 4.69) is 0 Å². The van der Waals surface area contributed by atoms with Crippen LogP contribution in [-0.2, 0) is 14.9 Å². The van der Waals surface area contributed by atoms with Crippen LogP contribution in [0.3, 0.4) is 0 Å². The van der Waals surface area contributed by atoms with Crippen molar-refractivity contribution in [3.63, 3.8) is 0 Å². The molecule has 5 heteroatoms. The Morgan fingerprint density at radius 3 is 2.79 bits per heavy atom. The predicted molar refractivity (Wildman–Crippen MR) is 69.6 cm³/mol.